The predicted octanol–water partition coefficient (Wildman–Crippen LogP) is 5.25. The molecule has 0 saturated heterocycles. The molecule has 0 amide bonds. The number of thiophene rings is 1. The molecule has 0 unspecified atom stereocenters. The van der Waals surface area contributed by atoms with Gasteiger partial charge in [0.05, 0.1) is 29.5 Å². The molecule has 6 nitrogen and oxygen atoms in total. The number of methoxy groups -OCH3 is 1. The van der Waals surface area contributed by atoms with Crippen molar-refractivity contribution < 1.29 is 9.13 Å². The summed E-state index contributed by atoms with van der Waals surface area (Å²) in [6, 6.07) is 11.8. The molecule has 0 saturated carbocycles. The Labute approximate surface area is 196 Å². The molecule has 9 heteroatoms. The minimum absolute atomic E-state index is 0.0407. The molecular weight excluding hydrogens is 465 g/mol. The second kappa shape index (κ2) is 8.13. The third kappa shape index (κ3) is 3.34. The first-order valence-electron chi connectivity index (χ1n) is 10.1. The third-order valence-electron chi connectivity index (χ3n) is 5.53. The van der Waals surface area contributed by atoms with Crippen LogP contribution in [0.15, 0.2) is 64.4 Å². The number of aryl methyl sites for hydroxylation is 1. The molecule has 3 heterocycles. The van der Waals surface area contributed by atoms with E-state index in [9.17, 15) is 14.0 Å². The molecule has 0 aliphatic carbocycles. The fourth-order valence-corrected chi connectivity index (χ4v) is 5.38. The van der Waals surface area contributed by atoms with Crippen molar-refractivity contribution in [3.05, 3.63) is 86.5 Å². The van der Waals surface area contributed by atoms with Gasteiger partial charge in [-0.05, 0) is 25.1 Å². The van der Waals surface area contributed by atoms with Gasteiger partial charge in [-0.15, -0.1) is 11.3 Å². The van der Waals surface area contributed by atoms with Gasteiger partial charge < -0.3 is 4.74 Å². The zero-order valence-corrected chi connectivity index (χ0v) is 19.2. The van der Waals surface area contributed by atoms with Crippen molar-refractivity contribution >= 4 is 43.9 Å². The Hall–Kier alpha value is -3.49. The first-order chi connectivity index (χ1) is 15.9. The van der Waals surface area contributed by atoms with Crippen LogP contribution in [0, 0.1) is 5.82 Å². The van der Waals surface area contributed by atoms with Crippen LogP contribution < -0.4 is 16.0 Å². The van der Waals surface area contributed by atoms with Crippen LogP contribution in [0.25, 0.3) is 37.1 Å². The molecule has 33 heavy (non-hydrogen) atoms. The number of hydrogen-bond acceptors (Lipinski definition) is 5. The van der Waals surface area contributed by atoms with Crippen LogP contribution in [0.4, 0.5) is 4.39 Å². The van der Waals surface area contributed by atoms with Gasteiger partial charge >= 0.3 is 5.69 Å². The van der Waals surface area contributed by atoms with Crippen LogP contribution in [0.1, 0.15) is 6.92 Å². The van der Waals surface area contributed by atoms with Crippen LogP contribution in [-0.4, -0.2) is 21.2 Å². The largest absolute Gasteiger partial charge is 0.494 e. The average Bonchev–Trinajstić information content (AvgIpc) is 3.25. The Morgan fingerprint density at radius 1 is 1.15 bits per heavy atom. The van der Waals surface area contributed by atoms with E-state index in [4.69, 9.17) is 16.3 Å². The van der Waals surface area contributed by atoms with Crippen LogP contribution in [0.2, 0.25) is 5.02 Å². The van der Waals surface area contributed by atoms with E-state index < -0.39 is 17.1 Å². The summed E-state index contributed by atoms with van der Waals surface area (Å²) >= 11 is 7.50. The molecule has 0 spiro atoms. The van der Waals surface area contributed by atoms with Crippen LogP contribution in [0.3, 0.4) is 0 Å². The fraction of sp³-hybridized carbons (Fsp3) is 0.125. The molecule has 3 aromatic heterocycles. The quantitative estimate of drug-likeness (QED) is 0.351. The molecule has 0 atom stereocenters. The van der Waals surface area contributed by atoms with Crippen LogP contribution in [-0.2, 0) is 6.54 Å². The summed E-state index contributed by atoms with van der Waals surface area (Å²) < 4.78 is 22.2. The van der Waals surface area contributed by atoms with Crippen LogP contribution >= 0.6 is 22.9 Å². The molecule has 0 radical (unpaired) electrons. The minimum Gasteiger partial charge on any atom is -0.494 e. The van der Waals surface area contributed by atoms with Gasteiger partial charge in [-0.1, -0.05) is 35.9 Å². The summed E-state index contributed by atoms with van der Waals surface area (Å²) in [7, 11) is 1.37. The van der Waals surface area contributed by atoms with E-state index in [1.165, 1.54) is 41.3 Å². The molecule has 2 aromatic carbocycles. The lowest BCUT2D eigenvalue weighted by Crippen LogP contribution is -2.38. The maximum absolute atomic E-state index is 14.0. The molecule has 0 bridgehead atoms. The SMILES string of the molecule is CCn1c(=O)n(-c2cncc3ccccc23)c(=O)c2sc(-c3cc(OC)c(F)cc3Cl)cc21. The summed E-state index contributed by atoms with van der Waals surface area (Å²) in [4.78, 5) is 31.9. The number of nitrogens with zero attached hydrogens (tertiary/aromatic N) is 3. The number of ether oxygens (including phenoxy) is 1. The molecule has 0 aliphatic heterocycles. The Morgan fingerprint density at radius 3 is 2.70 bits per heavy atom. The van der Waals surface area contributed by atoms with Crippen molar-refractivity contribution in [1.29, 1.82) is 0 Å². The lowest BCUT2D eigenvalue weighted by molar-refractivity contribution is 0.387. The summed E-state index contributed by atoms with van der Waals surface area (Å²) in [5.74, 6) is -0.539. The highest BCUT2D eigenvalue weighted by atomic mass is 35.5. The number of halogens is 2. The normalized spacial score (nSPS) is 11.4. The third-order valence-corrected chi connectivity index (χ3v) is 6.99. The Kier molecular flexibility index (Phi) is 5.26. The van der Waals surface area contributed by atoms with Crippen molar-refractivity contribution in [3.63, 3.8) is 0 Å². The highest BCUT2D eigenvalue weighted by Gasteiger charge is 2.20. The molecule has 0 N–H and O–H groups in total. The summed E-state index contributed by atoms with van der Waals surface area (Å²) in [5.41, 5.74) is 0.531. The number of rotatable bonds is 4. The zero-order valence-electron chi connectivity index (χ0n) is 17.6. The highest BCUT2D eigenvalue weighted by molar-refractivity contribution is 7.22. The van der Waals surface area contributed by atoms with Gasteiger partial charge in [0.25, 0.3) is 5.56 Å². The lowest BCUT2D eigenvalue weighted by Gasteiger charge is -2.12. The van der Waals surface area contributed by atoms with Gasteiger partial charge in [0.2, 0.25) is 0 Å². The second-order valence-corrected chi connectivity index (χ2v) is 8.80. The zero-order chi connectivity index (χ0) is 23.3. The van der Waals surface area contributed by atoms with E-state index in [0.29, 0.717) is 32.9 Å². The first kappa shape index (κ1) is 21.4. The van der Waals surface area contributed by atoms with E-state index in [1.54, 1.807) is 12.3 Å². The first-order valence-corrected chi connectivity index (χ1v) is 11.3. The topological polar surface area (TPSA) is 66.1 Å². The predicted molar refractivity (Wildman–Crippen MR) is 130 cm³/mol. The molecule has 166 valence electrons. The molecule has 5 rings (SSSR count). The standard InChI is InChI=1S/C24H17ClFN3O3S/c1-3-28-18-10-21(15-8-20(32-2)17(26)9-16(15)25)33-22(18)23(30)29(24(28)31)19-12-27-11-13-6-4-5-7-14(13)19/h4-12H,3H2,1-2H3. The Bertz CT molecular complexity index is 1670. The van der Waals surface area contributed by atoms with Gasteiger partial charge in [-0.3, -0.25) is 14.3 Å². The summed E-state index contributed by atoms with van der Waals surface area (Å²) in [6.45, 7) is 2.19. The van der Waals surface area contributed by atoms with Gasteiger partial charge in [0, 0.05) is 34.0 Å². The highest BCUT2D eigenvalue weighted by Crippen LogP contribution is 2.39. The van der Waals surface area contributed by atoms with Gasteiger partial charge in [-0.25, -0.2) is 13.8 Å². The number of benzene rings is 2. The molecular formula is C24H17ClFN3O3S. The van der Waals surface area contributed by atoms with E-state index >= 15 is 0 Å². The number of pyridine rings is 1. The van der Waals surface area contributed by atoms with Gasteiger partial charge in [-0.2, -0.15) is 0 Å². The van der Waals surface area contributed by atoms with Crippen molar-refractivity contribution in [2.45, 2.75) is 13.5 Å². The Balaban J connectivity index is 1.84. The minimum atomic E-state index is -0.580. The van der Waals surface area contributed by atoms with E-state index in [-0.39, 0.29) is 10.8 Å². The second-order valence-electron chi connectivity index (χ2n) is 7.34. The molecule has 5 aromatic rings. The fourth-order valence-electron chi connectivity index (χ4n) is 3.95. The van der Waals surface area contributed by atoms with E-state index in [0.717, 1.165) is 15.3 Å². The summed E-state index contributed by atoms with van der Waals surface area (Å²) in [6.07, 6.45) is 3.21. The average molecular weight is 482 g/mol. The van der Waals surface area contributed by atoms with Crippen molar-refractivity contribution in [1.82, 2.24) is 14.1 Å². The number of hydrogen-bond donors (Lipinski definition) is 0. The smallest absolute Gasteiger partial charge is 0.336 e. The van der Waals surface area contributed by atoms with Crippen LogP contribution in [0.5, 0.6) is 5.75 Å². The Morgan fingerprint density at radius 2 is 1.94 bits per heavy atom. The van der Waals surface area contributed by atoms with E-state index in [2.05, 4.69) is 4.98 Å². The molecule has 0 fully saturated rings. The number of aromatic nitrogens is 3. The van der Waals surface area contributed by atoms with Crippen molar-refractivity contribution in [2.75, 3.05) is 7.11 Å². The van der Waals surface area contributed by atoms with Gasteiger partial charge in [0.15, 0.2) is 11.6 Å². The monoisotopic (exact) mass is 481 g/mol. The van der Waals surface area contributed by atoms with E-state index in [1.807, 2.05) is 31.2 Å². The maximum Gasteiger partial charge on any atom is 0.336 e. The lowest BCUT2D eigenvalue weighted by atomic mass is 10.1. The number of fused-ring (bicyclic) bond motifs is 2. The maximum atomic E-state index is 14.0. The summed E-state index contributed by atoms with van der Waals surface area (Å²) in [5, 5.41) is 1.75. The van der Waals surface area contributed by atoms with Crippen molar-refractivity contribution in [3.8, 4) is 21.9 Å². The molecule has 0 aliphatic rings. The van der Waals surface area contributed by atoms with Gasteiger partial charge in [0.1, 0.15) is 4.70 Å². The van der Waals surface area contributed by atoms with Crippen molar-refractivity contribution in [2.24, 2.45) is 0 Å².